The van der Waals surface area contributed by atoms with Crippen LogP contribution < -0.4 is 0 Å². The third-order valence-corrected chi connectivity index (χ3v) is 3.06. The number of hydrogen-bond acceptors (Lipinski definition) is 2. The molecule has 19 heavy (non-hydrogen) atoms. The van der Waals surface area contributed by atoms with Crippen LogP contribution in [-0.2, 0) is 0 Å². The fraction of sp³-hybridized carbons (Fsp3) is 0.0625. The van der Waals surface area contributed by atoms with Gasteiger partial charge >= 0.3 is 0 Å². The van der Waals surface area contributed by atoms with Crippen molar-refractivity contribution in [2.24, 2.45) is 0 Å². The molecule has 0 fully saturated rings. The number of rotatable bonds is 2. The zero-order valence-corrected chi connectivity index (χ0v) is 11.1. The van der Waals surface area contributed by atoms with E-state index in [2.05, 4.69) is 0 Å². The molecule has 0 aliphatic rings. The molecule has 0 aliphatic carbocycles. The van der Waals surface area contributed by atoms with Crippen LogP contribution in [0, 0.1) is 18.3 Å². The van der Waals surface area contributed by atoms with E-state index in [1.807, 2.05) is 37.3 Å². The zero-order valence-electron chi connectivity index (χ0n) is 10.4. The lowest BCUT2D eigenvalue weighted by atomic mass is 10.0. The van der Waals surface area contributed by atoms with Crippen molar-refractivity contribution in [2.75, 3.05) is 0 Å². The highest BCUT2D eigenvalue weighted by Gasteiger charge is 2.10. The van der Waals surface area contributed by atoms with Gasteiger partial charge in [0.25, 0.3) is 0 Å². The molecule has 2 nitrogen and oxygen atoms in total. The zero-order chi connectivity index (χ0) is 13.8. The third-order valence-electron chi connectivity index (χ3n) is 2.81. The first-order valence-corrected chi connectivity index (χ1v) is 6.16. The minimum Gasteiger partial charge on any atom is -0.506 e. The van der Waals surface area contributed by atoms with E-state index in [9.17, 15) is 10.4 Å². The van der Waals surface area contributed by atoms with Gasteiger partial charge in [0.15, 0.2) is 0 Å². The molecule has 0 radical (unpaired) electrons. The van der Waals surface area contributed by atoms with Crippen molar-refractivity contribution in [1.82, 2.24) is 0 Å². The van der Waals surface area contributed by atoms with Crippen molar-refractivity contribution in [3.63, 3.8) is 0 Å². The first kappa shape index (κ1) is 13.2. The maximum absolute atomic E-state index is 10.2. The Balaban J connectivity index is 2.50. The topological polar surface area (TPSA) is 44.0 Å². The van der Waals surface area contributed by atoms with E-state index in [1.165, 1.54) is 0 Å². The summed E-state index contributed by atoms with van der Waals surface area (Å²) in [6.07, 6.45) is 0. The number of nitriles is 1. The number of benzene rings is 2. The monoisotopic (exact) mass is 269 g/mol. The summed E-state index contributed by atoms with van der Waals surface area (Å²) in [6.45, 7) is 1.97. The number of aliphatic hydroxyl groups is 1. The molecule has 3 heteroatoms. The highest BCUT2D eigenvalue weighted by atomic mass is 35.5. The molecule has 0 atom stereocenters. The Bertz CT molecular complexity index is 649. The van der Waals surface area contributed by atoms with Gasteiger partial charge in [-0.25, -0.2) is 0 Å². The van der Waals surface area contributed by atoms with Gasteiger partial charge in [0, 0.05) is 10.6 Å². The van der Waals surface area contributed by atoms with Crippen molar-refractivity contribution in [3.8, 4) is 6.07 Å². The summed E-state index contributed by atoms with van der Waals surface area (Å²) in [5.41, 5.74) is 2.62. The minimum absolute atomic E-state index is 0.0389. The second kappa shape index (κ2) is 5.60. The molecule has 0 aromatic heterocycles. The van der Waals surface area contributed by atoms with Gasteiger partial charge in [-0.1, -0.05) is 41.4 Å². The molecule has 0 bridgehead atoms. The lowest BCUT2D eigenvalue weighted by Gasteiger charge is -2.05. The fourth-order valence-corrected chi connectivity index (χ4v) is 1.85. The van der Waals surface area contributed by atoms with Crippen LogP contribution >= 0.6 is 11.6 Å². The predicted octanol–water partition coefficient (Wildman–Crippen LogP) is 4.60. The maximum Gasteiger partial charge on any atom is 0.141 e. The molecule has 2 rings (SSSR count). The van der Waals surface area contributed by atoms with Crippen molar-refractivity contribution in [2.45, 2.75) is 6.92 Å². The molecule has 0 aliphatic heterocycles. The fourth-order valence-electron chi connectivity index (χ4n) is 1.73. The molecule has 0 heterocycles. The maximum atomic E-state index is 10.2. The van der Waals surface area contributed by atoms with Gasteiger partial charge in [-0.05, 0) is 36.8 Å². The van der Waals surface area contributed by atoms with E-state index in [4.69, 9.17) is 11.6 Å². The normalized spacial score (nSPS) is 11.6. The highest BCUT2D eigenvalue weighted by Crippen LogP contribution is 2.25. The van der Waals surface area contributed by atoms with Crippen LogP contribution in [0.3, 0.4) is 0 Å². The molecular formula is C16H12ClNO. The van der Waals surface area contributed by atoms with Crippen molar-refractivity contribution in [1.29, 1.82) is 5.26 Å². The van der Waals surface area contributed by atoms with E-state index in [0.29, 0.717) is 16.1 Å². The van der Waals surface area contributed by atoms with E-state index in [-0.39, 0.29) is 11.3 Å². The number of hydrogen-bond donors (Lipinski definition) is 1. The molecule has 0 saturated heterocycles. The summed E-state index contributed by atoms with van der Waals surface area (Å²) in [4.78, 5) is 0. The number of halogens is 1. The molecule has 0 spiro atoms. The SMILES string of the molecule is Cc1ccc(C(C#N)=C(O)c2ccc(Cl)cc2)cc1. The molecular weight excluding hydrogens is 258 g/mol. The van der Waals surface area contributed by atoms with Crippen LogP contribution in [0.25, 0.3) is 11.3 Å². The summed E-state index contributed by atoms with van der Waals surface area (Å²) >= 11 is 5.80. The molecule has 94 valence electrons. The van der Waals surface area contributed by atoms with E-state index in [0.717, 1.165) is 5.56 Å². The third kappa shape index (κ3) is 2.96. The van der Waals surface area contributed by atoms with Crippen molar-refractivity contribution in [3.05, 3.63) is 70.2 Å². The van der Waals surface area contributed by atoms with Crippen molar-refractivity contribution < 1.29 is 5.11 Å². The Hall–Kier alpha value is -2.24. The summed E-state index contributed by atoms with van der Waals surface area (Å²) in [5, 5.41) is 20.0. The first-order valence-electron chi connectivity index (χ1n) is 5.78. The molecule has 0 unspecified atom stereocenters. The predicted molar refractivity (Wildman–Crippen MR) is 77.7 cm³/mol. The number of aryl methyl sites for hydroxylation is 1. The summed E-state index contributed by atoms with van der Waals surface area (Å²) in [7, 11) is 0. The highest BCUT2D eigenvalue weighted by molar-refractivity contribution is 6.30. The summed E-state index contributed by atoms with van der Waals surface area (Å²) < 4.78 is 0. The molecule has 2 aromatic carbocycles. The second-order valence-corrected chi connectivity index (χ2v) is 4.64. The van der Waals surface area contributed by atoms with Gasteiger partial charge in [0.1, 0.15) is 17.4 Å². The molecule has 2 aromatic rings. The van der Waals surface area contributed by atoms with Crippen LogP contribution in [0.15, 0.2) is 48.5 Å². The molecule has 0 amide bonds. The van der Waals surface area contributed by atoms with Gasteiger partial charge in [-0.2, -0.15) is 5.26 Å². The van der Waals surface area contributed by atoms with Gasteiger partial charge in [0.05, 0.1) is 0 Å². The van der Waals surface area contributed by atoms with Crippen molar-refractivity contribution >= 4 is 22.9 Å². The van der Waals surface area contributed by atoms with E-state index in [1.54, 1.807) is 24.3 Å². The van der Waals surface area contributed by atoms with Gasteiger partial charge in [-0.3, -0.25) is 0 Å². The Labute approximate surface area is 117 Å². The lowest BCUT2D eigenvalue weighted by Crippen LogP contribution is -1.90. The van der Waals surface area contributed by atoms with Crippen LogP contribution in [0.4, 0.5) is 0 Å². The Morgan fingerprint density at radius 2 is 1.53 bits per heavy atom. The van der Waals surface area contributed by atoms with E-state index >= 15 is 0 Å². The Kier molecular flexibility index (Phi) is 3.89. The smallest absolute Gasteiger partial charge is 0.141 e. The van der Waals surface area contributed by atoms with E-state index < -0.39 is 0 Å². The number of nitrogens with zero attached hydrogens (tertiary/aromatic N) is 1. The van der Waals surface area contributed by atoms with Gasteiger partial charge in [-0.15, -0.1) is 0 Å². The van der Waals surface area contributed by atoms with Crippen LogP contribution in [0.2, 0.25) is 5.02 Å². The van der Waals surface area contributed by atoms with Gasteiger partial charge in [0.2, 0.25) is 0 Å². The quantitative estimate of drug-likeness (QED) is 0.492. The van der Waals surface area contributed by atoms with Crippen LogP contribution in [0.5, 0.6) is 0 Å². The van der Waals surface area contributed by atoms with Gasteiger partial charge < -0.3 is 5.11 Å². The largest absolute Gasteiger partial charge is 0.506 e. The van der Waals surface area contributed by atoms with Crippen LogP contribution in [0.1, 0.15) is 16.7 Å². The summed E-state index contributed by atoms with van der Waals surface area (Å²) in [5.74, 6) is -0.0389. The Morgan fingerprint density at radius 3 is 2.05 bits per heavy atom. The average Bonchev–Trinajstić information content (AvgIpc) is 2.42. The molecule has 1 N–H and O–H groups in total. The standard InChI is InChI=1S/C16H12ClNO/c1-11-2-4-12(5-3-11)15(10-18)16(19)13-6-8-14(17)9-7-13/h2-9,19H,1H3. The number of aliphatic hydroxyl groups excluding tert-OH is 1. The average molecular weight is 270 g/mol. The second-order valence-electron chi connectivity index (χ2n) is 4.21. The van der Waals surface area contributed by atoms with Crippen LogP contribution in [-0.4, -0.2) is 5.11 Å². The number of allylic oxidation sites excluding steroid dienone is 1. The Morgan fingerprint density at radius 1 is 1.00 bits per heavy atom. The first-order chi connectivity index (χ1) is 9.11. The molecule has 0 saturated carbocycles. The lowest BCUT2D eigenvalue weighted by molar-refractivity contribution is 0.514. The minimum atomic E-state index is -0.0389. The summed E-state index contributed by atoms with van der Waals surface area (Å²) in [6, 6.07) is 16.2.